The van der Waals surface area contributed by atoms with E-state index in [1.165, 1.54) is 6.20 Å². The quantitative estimate of drug-likeness (QED) is 0.775. The van der Waals surface area contributed by atoms with E-state index in [4.69, 9.17) is 5.73 Å². The average Bonchev–Trinajstić information content (AvgIpc) is 2.41. The van der Waals surface area contributed by atoms with Crippen molar-refractivity contribution in [3.63, 3.8) is 0 Å². The molecule has 1 aliphatic rings. The molecule has 1 heterocycles. The van der Waals surface area contributed by atoms with Gasteiger partial charge in [-0.05, 0) is 31.9 Å². The first-order chi connectivity index (χ1) is 9.43. The molecule has 2 atom stereocenters. The molecule has 1 saturated carbocycles. The van der Waals surface area contributed by atoms with Gasteiger partial charge in [0.2, 0.25) is 0 Å². The number of hydrogen-bond acceptors (Lipinski definition) is 4. The van der Waals surface area contributed by atoms with Crippen LogP contribution in [0.15, 0.2) is 18.3 Å². The van der Waals surface area contributed by atoms with Gasteiger partial charge in [-0.3, -0.25) is 14.6 Å². The molecule has 1 aromatic heterocycles. The van der Waals surface area contributed by atoms with Gasteiger partial charge in [0, 0.05) is 17.9 Å². The highest BCUT2D eigenvalue weighted by atomic mass is 16.4. The highest BCUT2D eigenvalue weighted by molar-refractivity contribution is 5.91. The zero-order valence-corrected chi connectivity index (χ0v) is 11.4. The maximum Gasteiger partial charge on any atom is 0.311 e. The van der Waals surface area contributed by atoms with Gasteiger partial charge < -0.3 is 16.2 Å². The fourth-order valence-corrected chi connectivity index (χ4v) is 2.68. The first-order valence-electron chi connectivity index (χ1n) is 6.69. The van der Waals surface area contributed by atoms with Gasteiger partial charge in [0.25, 0.3) is 5.91 Å². The second kappa shape index (κ2) is 5.48. The molecular weight excluding hydrogens is 258 g/mol. The van der Waals surface area contributed by atoms with Crippen LogP contribution in [-0.2, 0) is 4.79 Å². The van der Waals surface area contributed by atoms with E-state index in [-0.39, 0.29) is 11.7 Å². The van der Waals surface area contributed by atoms with Gasteiger partial charge >= 0.3 is 5.97 Å². The molecule has 0 aromatic carbocycles. The van der Waals surface area contributed by atoms with Crippen molar-refractivity contribution in [2.24, 2.45) is 11.1 Å². The second-order valence-electron chi connectivity index (χ2n) is 5.46. The maximum absolute atomic E-state index is 11.5. The Hall–Kier alpha value is -2.11. The predicted molar refractivity (Wildman–Crippen MR) is 74.4 cm³/mol. The minimum atomic E-state index is -0.797. The summed E-state index contributed by atoms with van der Waals surface area (Å²) in [5.41, 5.74) is 5.24. The molecule has 2 unspecified atom stereocenters. The summed E-state index contributed by atoms with van der Waals surface area (Å²) in [5.74, 6) is -1.39. The molecule has 0 aliphatic heterocycles. The molecular formula is C14H19N3O3. The molecule has 0 radical (unpaired) electrons. The number of amides is 1. The van der Waals surface area contributed by atoms with Crippen LogP contribution in [0.25, 0.3) is 0 Å². The van der Waals surface area contributed by atoms with Crippen LogP contribution in [-0.4, -0.2) is 28.0 Å². The Labute approximate surface area is 117 Å². The lowest BCUT2D eigenvalue weighted by molar-refractivity contribution is -0.150. The van der Waals surface area contributed by atoms with E-state index in [1.807, 2.05) is 0 Å². The maximum atomic E-state index is 11.5. The number of aliphatic carboxylic acids is 1. The molecule has 6 nitrogen and oxygen atoms in total. The van der Waals surface area contributed by atoms with E-state index in [0.29, 0.717) is 12.1 Å². The van der Waals surface area contributed by atoms with Crippen molar-refractivity contribution in [3.05, 3.63) is 24.0 Å². The number of aromatic nitrogens is 1. The smallest absolute Gasteiger partial charge is 0.311 e. The van der Waals surface area contributed by atoms with E-state index in [0.717, 1.165) is 19.3 Å². The molecule has 0 bridgehead atoms. The van der Waals surface area contributed by atoms with Crippen molar-refractivity contribution in [2.45, 2.75) is 38.6 Å². The lowest BCUT2D eigenvalue weighted by Gasteiger charge is -2.38. The van der Waals surface area contributed by atoms with Crippen molar-refractivity contribution < 1.29 is 14.7 Å². The Morgan fingerprint density at radius 2 is 2.25 bits per heavy atom. The van der Waals surface area contributed by atoms with Crippen molar-refractivity contribution in [1.29, 1.82) is 0 Å². The number of anilines is 1. The summed E-state index contributed by atoms with van der Waals surface area (Å²) in [6.45, 7) is 1.77. The molecule has 108 valence electrons. The first kappa shape index (κ1) is 14.3. The third-order valence-electron chi connectivity index (χ3n) is 4.05. The van der Waals surface area contributed by atoms with E-state index >= 15 is 0 Å². The van der Waals surface area contributed by atoms with Gasteiger partial charge in [-0.15, -0.1) is 0 Å². The molecule has 1 fully saturated rings. The summed E-state index contributed by atoms with van der Waals surface area (Å²) < 4.78 is 0. The Morgan fingerprint density at radius 3 is 2.90 bits per heavy atom. The van der Waals surface area contributed by atoms with E-state index in [9.17, 15) is 14.7 Å². The monoisotopic (exact) mass is 277 g/mol. The van der Waals surface area contributed by atoms with Gasteiger partial charge in [-0.2, -0.15) is 0 Å². The Bertz CT molecular complexity index is 532. The summed E-state index contributed by atoms with van der Waals surface area (Å²) in [6, 6.07) is 3.10. The number of carboxylic acid groups (broad SMARTS) is 1. The Morgan fingerprint density at radius 1 is 1.50 bits per heavy atom. The van der Waals surface area contributed by atoms with Gasteiger partial charge in [0.1, 0.15) is 5.69 Å². The van der Waals surface area contributed by atoms with Gasteiger partial charge in [0.15, 0.2) is 0 Å². The standard InChI is InChI=1S/C14H19N3O3/c1-14(13(19)20)6-3-2-4-11(14)17-9-5-7-16-10(8-9)12(15)18/h5,7-8,11H,2-4,6H2,1H3,(H2,15,18)(H,16,17)(H,19,20). The SMILES string of the molecule is CC1(C(=O)O)CCCCC1Nc1ccnc(C(N)=O)c1. The highest BCUT2D eigenvalue weighted by Crippen LogP contribution is 2.38. The lowest BCUT2D eigenvalue weighted by Crippen LogP contribution is -2.46. The summed E-state index contributed by atoms with van der Waals surface area (Å²) in [7, 11) is 0. The van der Waals surface area contributed by atoms with Crippen LogP contribution in [0, 0.1) is 5.41 Å². The average molecular weight is 277 g/mol. The van der Waals surface area contributed by atoms with E-state index in [2.05, 4.69) is 10.3 Å². The number of carbonyl (C=O) groups is 2. The van der Waals surface area contributed by atoms with Crippen LogP contribution in [0.1, 0.15) is 43.1 Å². The summed E-state index contributed by atoms with van der Waals surface area (Å²) >= 11 is 0. The van der Waals surface area contributed by atoms with Crippen LogP contribution >= 0.6 is 0 Å². The van der Waals surface area contributed by atoms with Crippen LogP contribution in [0.5, 0.6) is 0 Å². The highest BCUT2D eigenvalue weighted by Gasteiger charge is 2.43. The van der Waals surface area contributed by atoms with Crippen LogP contribution in [0.3, 0.4) is 0 Å². The molecule has 0 saturated heterocycles. The summed E-state index contributed by atoms with van der Waals surface area (Å²) in [5, 5.41) is 12.7. The van der Waals surface area contributed by atoms with Gasteiger partial charge in [0.05, 0.1) is 5.41 Å². The fourth-order valence-electron chi connectivity index (χ4n) is 2.68. The number of carbonyl (C=O) groups excluding carboxylic acids is 1. The number of primary amides is 1. The number of pyridine rings is 1. The molecule has 20 heavy (non-hydrogen) atoms. The largest absolute Gasteiger partial charge is 0.481 e. The molecule has 2 rings (SSSR count). The summed E-state index contributed by atoms with van der Waals surface area (Å²) in [4.78, 5) is 26.5. The minimum Gasteiger partial charge on any atom is -0.481 e. The number of carboxylic acids is 1. The molecule has 1 aliphatic carbocycles. The van der Waals surface area contributed by atoms with Gasteiger partial charge in [-0.1, -0.05) is 12.8 Å². The molecule has 1 aromatic rings. The number of hydrogen-bond donors (Lipinski definition) is 3. The number of nitrogens with two attached hydrogens (primary N) is 1. The zero-order chi connectivity index (χ0) is 14.8. The lowest BCUT2D eigenvalue weighted by atomic mass is 9.71. The third-order valence-corrected chi connectivity index (χ3v) is 4.05. The third kappa shape index (κ3) is 2.74. The van der Waals surface area contributed by atoms with Crippen LogP contribution in [0.4, 0.5) is 5.69 Å². The molecule has 4 N–H and O–H groups in total. The fraction of sp³-hybridized carbons (Fsp3) is 0.500. The molecule has 1 amide bonds. The van der Waals surface area contributed by atoms with E-state index < -0.39 is 17.3 Å². The van der Waals surface area contributed by atoms with Crippen molar-refractivity contribution in [1.82, 2.24) is 4.98 Å². The van der Waals surface area contributed by atoms with Gasteiger partial charge in [-0.25, -0.2) is 0 Å². The molecule has 0 spiro atoms. The summed E-state index contributed by atoms with van der Waals surface area (Å²) in [6.07, 6.45) is 4.84. The Kier molecular flexibility index (Phi) is 3.92. The molecule has 6 heteroatoms. The first-order valence-corrected chi connectivity index (χ1v) is 6.69. The minimum absolute atomic E-state index is 0.169. The number of nitrogens with one attached hydrogen (secondary N) is 1. The number of nitrogens with zero attached hydrogens (tertiary/aromatic N) is 1. The normalized spacial score (nSPS) is 25.9. The predicted octanol–water partition coefficient (Wildman–Crippen LogP) is 1.63. The van der Waals surface area contributed by atoms with Crippen LogP contribution < -0.4 is 11.1 Å². The zero-order valence-electron chi connectivity index (χ0n) is 11.4. The van der Waals surface area contributed by atoms with Crippen molar-refractivity contribution in [3.8, 4) is 0 Å². The van der Waals surface area contributed by atoms with Crippen molar-refractivity contribution in [2.75, 3.05) is 5.32 Å². The Balaban J connectivity index is 2.21. The second-order valence-corrected chi connectivity index (χ2v) is 5.46. The topological polar surface area (TPSA) is 105 Å². The number of rotatable bonds is 4. The van der Waals surface area contributed by atoms with E-state index in [1.54, 1.807) is 19.1 Å². The van der Waals surface area contributed by atoms with Crippen LogP contribution in [0.2, 0.25) is 0 Å². The van der Waals surface area contributed by atoms with Crippen molar-refractivity contribution >= 4 is 17.6 Å².